The first-order valence-corrected chi connectivity index (χ1v) is 13.8. The Balaban J connectivity index is 1.43. The lowest BCUT2D eigenvalue weighted by molar-refractivity contribution is 0.0734. The number of aromatic nitrogens is 1. The fourth-order valence-corrected chi connectivity index (χ4v) is 5.33. The fraction of sp³-hybridized carbons (Fsp3) is 0. The Hall–Kier alpha value is -3.43. The van der Waals surface area contributed by atoms with Crippen LogP contribution < -0.4 is 10.2 Å². The zero-order valence-electron chi connectivity index (χ0n) is 19.8. The highest BCUT2D eigenvalue weighted by Gasteiger charge is 2.21. The van der Waals surface area contributed by atoms with Crippen molar-refractivity contribution in [3.05, 3.63) is 121 Å². The maximum atomic E-state index is 13.3. The van der Waals surface area contributed by atoms with Crippen molar-refractivity contribution in [2.75, 3.05) is 0 Å². The quantitative estimate of drug-likeness (QED) is 0.0812. The molecule has 0 atom stereocenters. The molecule has 0 radical (unpaired) electrons. The minimum Gasteiger partial charge on any atom is -0.422 e. The Morgan fingerprint density at radius 2 is 1.64 bits per heavy atom. The van der Waals surface area contributed by atoms with Crippen LogP contribution in [-0.2, 0) is 0 Å². The van der Waals surface area contributed by atoms with Gasteiger partial charge in [0.1, 0.15) is 11.4 Å². The molecule has 0 saturated heterocycles. The molecule has 1 aromatic heterocycles. The van der Waals surface area contributed by atoms with Crippen molar-refractivity contribution in [3.63, 3.8) is 0 Å². The lowest BCUT2D eigenvalue weighted by Gasteiger charge is -2.08. The van der Waals surface area contributed by atoms with E-state index in [4.69, 9.17) is 27.9 Å². The molecular weight excluding hydrogens is 669 g/mol. The molecule has 2 N–H and O–H groups in total. The van der Waals surface area contributed by atoms with Crippen molar-refractivity contribution in [2.24, 2.45) is 5.10 Å². The van der Waals surface area contributed by atoms with Crippen LogP contribution in [0, 0.1) is 0 Å². The summed E-state index contributed by atoms with van der Waals surface area (Å²) < 4.78 is 7.11. The maximum Gasteiger partial charge on any atom is 0.343 e. The topological polar surface area (TPSA) is 83.5 Å². The van der Waals surface area contributed by atoms with Gasteiger partial charge in [0, 0.05) is 30.5 Å². The number of fused-ring (bicyclic) bond motifs is 1. The molecule has 0 fully saturated rings. The Bertz CT molecular complexity index is 1740. The molecule has 39 heavy (non-hydrogen) atoms. The first-order valence-electron chi connectivity index (χ1n) is 11.5. The van der Waals surface area contributed by atoms with E-state index in [-0.39, 0.29) is 5.75 Å². The highest BCUT2D eigenvalue weighted by Crippen LogP contribution is 2.37. The molecule has 5 rings (SSSR count). The van der Waals surface area contributed by atoms with Gasteiger partial charge in [0.05, 0.1) is 22.3 Å². The second-order valence-corrected chi connectivity index (χ2v) is 11.0. The van der Waals surface area contributed by atoms with Gasteiger partial charge in [-0.2, -0.15) is 5.10 Å². The minimum atomic E-state index is -0.554. The van der Waals surface area contributed by atoms with Gasteiger partial charge >= 0.3 is 5.97 Å². The molecule has 10 heteroatoms. The van der Waals surface area contributed by atoms with Gasteiger partial charge in [-0.25, -0.2) is 10.2 Å². The van der Waals surface area contributed by atoms with E-state index in [0.29, 0.717) is 37.9 Å². The van der Waals surface area contributed by atoms with Gasteiger partial charge in [-0.3, -0.25) is 4.79 Å². The first-order chi connectivity index (χ1) is 18.8. The van der Waals surface area contributed by atoms with Gasteiger partial charge in [-0.05, 0) is 60.2 Å². The summed E-state index contributed by atoms with van der Waals surface area (Å²) in [5.74, 6) is -0.757. The molecule has 0 aliphatic carbocycles. The molecule has 194 valence electrons. The fourth-order valence-electron chi connectivity index (χ4n) is 3.97. The third-order valence-electron chi connectivity index (χ3n) is 5.74. The number of rotatable bonds is 6. The van der Waals surface area contributed by atoms with Crippen LogP contribution in [0.1, 0.15) is 26.4 Å². The number of hydrazone groups is 1. The number of benzene rings is 4. The number of nitrogens with one attached hydrogen (secondary N) is 2. The third-order valence-corrected chi connectivity index (χ3v) is 7.24. The summed E-state index contributed by atoms with van der Waals surface area (Å²) in [5.41, 5.74) is 5.86. The van der Waals surface area contributed by atoms with Crippen molar-refractivity contribution in [1.29, 1.82) is 0 Å². The summed E-state index contributed by atoms with van der Waals surface area (Å²) in [4.78, 5) is 29.1. The van der Waals surface area contributed by atoms with E-state index < -0.39 is 11.9 Å². The SMILES string of the molecule is O=C(Oc1ccc(Br)cc1C=NNC(=O)c1[nH]c2c(Cl)cc(Br)cc2c1-c1ccccc1)c1ccc(Cl)cc1. The number of nitrogens with zero attached hydrogens (tertiary/aromatic N) is 1. The summed E-state index contributed by atoms with van der Waals surface area (Å²) in [6, 6.07) is 24.6. The number of amides is 1. The van der Waals surface area contributed by atoms with Crippen molar-refractivity contribution in [2.45, 2.75) is 0 Å². The predicted octanol–water partition coefficient (Wildman–Crippen LogP) is 8.65. The van der Waals surface area contributed by atoms with Gasteiger partial charge in [-0.1, -0.05) is 85.4 Å². The number of ether oxygens (including phenoxy) is 1. The summed E-state index contributed by atoms with van der Waals surface area (Å²) in [5, 5.41) is 5.92. The molecule has 0 aliphatic heterocycles. The van der Waals surface area contributed by atoms with Crippen LogP contribution in [-0.4, -0.2) is 23.1 Å². The van der Waals surface area contributed by atoms with Gasteiger partial charge in [0.2, 0.25) is 0 Å². The average molecular weight is 686 g/mol. The highest BCUT2D eigenvalue weighted by atomic mass is 79.9. The Morgan fingerprint density at radius 1 is 0.897 bits per heavy atom. The van der Waals surface area contributed by atoms with E-state index in [2.05, 4.69) is 47.4 Å². The van der Waals surface area contributed by atoms with Gasteiger partial charge in [0.15, 0.2) is 0 Å². The van der Waals surface area contributed by atoms with Gasteiger partial charge in [-0.15, -0.1) is 0 Å². The molecule has 0 saturated carbocycles. The molecule has 6 nitrogen and oxygen atoms in total. The minimum absolute atomic E-state index is 0.267. The standard InChI is InChI=1S/C29H17Br2Cl2N3O3/c30-19-8-11-24(39-29(38)17-6-9-21(32)10-7-17)18(12-19)15-34-36-28(37)27-25(16-4-2-1-3-5-16)22-13-20(31)14-23(33)26(22)35-27/h1-15,35H,(H,36,37). The van der Waals surface area contributed by atoms with Crippen molar-refractivity contribution < 1.29 is 14.3 Å². The van der Waals surface area contributed by atoms with Crippen LogP contribution in [0.25, 0.3) is 22.0 Å². The average Bonchev–Trinajstić information content (AvgIpc) is 3.31. The van der Waals surface area contributed by atoms with Crippen LogP contribution in [0.3, 0.4) is 0 Å². The molecule has 0 spiro atoms. The smallest absolute Gasteiger partial charge is 0.343 e. The maximum absolute atomic E-state index is 13.3. The lowest BCUT2D eigenvalue weighted by atomic mass is 10.0. The number of carbonyl (C=O) groups is 2. The number of carbonyl (C=O) groups excluding carboxylic acids is 2. The van der Waals surface area contributed by atoms with Crippen molar-refractivity contribution in [1.82, 2.24) is 10.4 Å². The summed E-state index contributed by atoms with van der Waals surface area (Å²) >= 11 is 19.3. The second kappa shape index (κ2) is 11.8. The number of hydrogen-bond donors (Lipinski definition) is 2. The van der Waals surface area contributed by atoms with E-state index >= 15 is 0 Å². The zero-order valence-corrected chi connectivity index (χ0v) is 24.5. The Kier molecular flexibility index (Phi) is 8.18. The molecule has 1 amide bonds. The number of H-pyrrole nitrogens is 1. The largest absolute Gasteiger partial charge is 0.422 e. The number of hydrogen-bond acceptors (Lipinski definition) is 4. The molecule has 0 aliphatic rings. The Morgan fingerprint density at radius 3 is 2.38 bits per heavy atom. The number of halogens is 4. The normalized spacial score (nSPS) is 11.2. The number of esters is 1. The predicted molar refractivity (Wildman–Crippen MR) is 162 cm³/mol. The molecule has 0 bridgehead atoms. The summed E-state index contributed by atoms with van der Waals surface area (Å²) in [6.45, 7) is 0. The van der Waals surface area contributed by atoms with E-state index in [0.717, 1.165) is 19.9 Å². The van der Waals surface area contributed by atoms with Crippen LogP contribution in [0.5, 0.6) is 5.75 Å². The highest BCUT2D eigenvalue weighted by molar-refractivity contribution is 9.10. The Labute approximate surface area is 250 Å². The monoisotopic (exact) mass is 683 g/mol. The molecular formula is C29H17Br2Cl2N3O3. The second-order valence-electron chi connectivity index (χ2n) is 8.33. The molecule has 1 heterocycles. The molecule has 0 unspecified atom stereocenters. The summed E-state index contributed by atoms with van der Waals surface area (Å²) in [6.07, 6.45) is 1.40. The number of aromatic amines is 1. The van der Waals surface area contributed by atoms with Gasteiger partial charge < -0.3 is 9.72 Å². The zero-order chi connectivity index (χ0) is 27.5. The van der Waals surface area contributed by atoms with E-state index in [1.807, 2.05) is 36.4 Å². The first kappa shape index (κ1) is 27.1. The van der Waals surface area contributed by atoms with Crippen molar-refractivity contribution >= 4 is 84.1 Å². The van der Waals surface area contributed by atoms with Crippen LogP contribution >= 0.6 is 55.1 Å². The molecule has 5 aromatic rings. The van der Waals surface area contributed by atoms with E-state index in [1.54, 1.807) is 48.5 Å². The van der Waals surface area contributed by atoms with Gasteiger partial charge in [0.25, 0.3) is 5.91 Å². The van der Waals surface area contributed by atoms with Crippen LogP contribution in [0.4, 0.5) is 0 Å². The van der Waals surface area contributed by atoms with E-state index in [9.17, 15) is 9.59 Å². The van der Waals surface area contributed by atoms with E-state index in [1.165, 1.54) is 6.21 Å². The lowest BCUT2D eigenvalue weighted by Crippen LogP contribution is -2.19. The van der Waals surface area contributed by atoms with Crippen molar-refractivity contribution in [3.8, 4) is 16.9 Å². The molecule has 4 aromatic carbocycles. The van der Waals surface area contributed by atoms with Crippen LogP contribution in [0.2, 0.25) is 10.0 Å². The van der Waals surface area contributed by atoms with Crippen LogP contribution in [0.15, 0.2) is 99.0 Å². The summed E-state index contributed by atoms with van der Waals surface area (Å²) in [7, 11) is 0. The third kappa shape index (κ3) is 6.09.